The minimum absolute atomic E-state index is 0.0763. The maximum atomic E-state index is 12.0. The molecule has 96 valence electrons. The molecule has 2 N–H and O–H groups in total. The van der Waals surface area contributed by atoms with Gasteiger partial charge in [0.05, 0.1) is 9.98 Å². The van der Waals surface area contributed by atoms with Crippen LogP contribution in [0.1, 0.15) is 9.67 Å². The zero-order valence-electron chi connectivity index (χ0n) is 8.45. The maximum Gasteiger partial charge on any atom is 0.345 e. The lowest BCUT2D eigenvalue weighted by Gasteiger charge is -2.02. The van der Waals surface area contributed by atoms with E-state index < -0.39 is 16.0 Å². The highest BCUT2D eigenvalue weighted by Gasteiger charge is 2.23. The van der Waals surface area contributed by atoms with Gasteiger partial charge in [0, 0.05) is 0 Å². The van der Waals surface area contributed by atoms with E-state index in [9.17, 15) is 13.2 Å². The second-order valence-electron chi connectivity index (χ2n) is 3.07. The number of carboxylic acid groups (broad SMARTS) is 1. The van der Waals surface area contributed by atoms with Crippen molar-refractivity contribution >= 4 is 48.9 Å². The Hall–Kier alpha value is -1.39. The molecule has 0 aromatic carbocycles. The van der Waals surface area contributed by atoms with E-state index in [1.54, 1.807) is 0 Å². The fraction of sp³-hybridized carbons (Fsp3) is 0. The molecule has 0 radical (unpaired) electrons. The Bertz CT molecular complexity index is 676. The van der Waals surface area contributed by atoms with Crippen LogP contribution in [-0.2, 0) is 10.0 Å². The third-order valence-corrected chi connectivity index (χ3v) is 5.46. The van der Waals surface area contributed by atoms with Crippen molar-refractivity contribution < 1.29 is 22.8 Å². The molecule has 0 aliphatic heterocycles. The van der Waals surface area contributed by atoms with E-state index in [0.29, 0.717) is 0 Å². The molecule has 0 spiro atoms. The Labute approximate surface area is 114 Å². The molecule has 0 fully saturated rings. The van der Waals surface area contributed by atoms with Gasteiger partial charge >= 0.3 is 5.97 Å². The van der Waals surface area contributed by atoms with Crippen LogP contribution in [0.4, 0.5) is 5.69 Å². The molecule has 18 heavy (non-hydrogen) atoms. The summed E-state index contributed by atoms with van der Waals surface area (Å²) in [6.45, 7) is 0. The molecule has 2 aromatic rings. The summed E-state index contributed by atoms with van der Waals surface area (Å²) in [6.07, 6.45) is 2.31. The number of rotatable bonds is 4. The molecule has 0 aliphatic rings. The predicted octanol–water partition coefficient (Wildman–Crippen LogP) is 2.00. The molecular formula is C8H5BrN2O5S2. The smallest absolute Gasteiger partial charge is 0.345 e. The van der Waals surface area contributed by atoms with Crippen molar-refractivity contribution in [2.75, 3.05) is 4.72 Å². The maximum absolute atomic E-state index is 12.0. The summed E-state index contributed by atoms with van der Waals surface area (Å²) in [5, 5.41) is 12.1. The molecule has 0 saturated heterocycles. The van der Waals surface area contributed by atoms with Crippen LogP contribution in [0.3, 0.4) is 0 Å². The summed E-state index contributed by atoms with van der Waals surface area (Å²) in [7, 11) is -3.88. The molecular weight excluding hydrogens is 348 g/mol. The molecule has 0 amide bonds. The highest BCUT2D eigenvalue weighted by Crippen LogP contribution is 2.32. The second kappa shape index (κ2) is 4.71. The van der Waals surface area contributed by atoms with E-state index in [1.807, 2.05) is 0 Å². The summed E-state index contributed by atoms with van der Waals surface area (Å²) in [4.78, 5) is 10.5. The molecule has 0 bridgehead atoms. The van der Waals surface area contributed by atoms with Crippen LogP contribution in [0.25, 0.3) is 0 Å². The van der Waals surface area contributed by atoms with E-state index in [4.69, 9.17) is 5.11 Å². The van der Waals surface area contributed by atoms with Gasteiger partial charge in [-0.3, -0.25) is 4.72 Å². The summed E-state index contributed by atoms with van der Waals surface area (Å²) in [6, 6.07) is 1.08. The standard InChI is InChI=1S/C8H5BrN2O5S2/c9-7-6(1-5(17-7)8(12)13)18(14,15)11-4-2-10-16-3-4/h1-3,11H,(H,12,13). The van der Waals surface area contributed by atoms with Crippen LogP contribution in [0.15, 0.2) is 31.7 Å². The van der Waals surface area contributed by atoms with Gasteiger partial charge in [0.1, 0.15) is 21.7 Å². The second-order valence-corrected chi connectivity index (χ2v) is 7.09. The van der Waals surface area contributed by atoms with Crippen LogP contribution >= 0.6 is 27.3 Å². The topological polar surface area (TPSA) is 110 Å². The Kier molecular flexibility index (Phi) is 3.41. The molecule has 2 heterocycles. The summed E-state index contributed by atoms with van der Waals surface area (Å²) >= 11 is 3.84. The zero-order chi connectivity index (χ0) is 13.3. The third-order valence-electron chi connectivity index (χ3n) is 1.84. The van der Waals surface area contributed by atoms with Crippen LogP contribution in [-0.4, -0.2) is 24.7 Å². The number of halogens is 1. The molecule has 0 atom stereocenters. The lowest BCUT2D eigenvalue weighted by molar-refractivity contribution is 0.0702. The number of hydrogen-bond acceptors (Lipinski definition) is 6. The number of hydrogen-bond donors (Lipinski definition) is 2. The van der Waals surface area contributed by atoms with Crippen molar-refractivity contribution in [2.45, 2.75) is 4.90 Å². The fourth-order valence-electron chi connectivity index (χ4n) is 1.11. The number of anilines is 1. The monoisotopic (exact) mass is 352 g/mol. The van der Waals surface area contributed by atoms with Crippen LogP contribution in [0.2, 0.25) is 0 Å². The van der Waals surface area contributed by atoms with Gasteiger partial charge in [-0.15, -0.1) is 11.3 Å². The molecule has 2 rings (SSSR count). The number of nitrogens with zero attached hydrogens (tertiary/aromatic N) is 1. The van der Waals surface area contributed by atoms with E-state index in [2.05, 4.69) is 30.3 Å². The van der Waals surface area contributed by atoms with E-state index in [0.717, 1.165) is 23.7 Å². The molecule has 10 heteroatoms. The number of nitrogens with one attached hydrogen (secondary N) is 1. The van der Waals surface area contributed by atoms with Gasteiger partial charge in [-0.1, -0.05) is 5.16 Å². The van der Waals surface area contributed by atoms with Crippen molar-refractivity contribution in [3.63, 3.8) is 0 Å². The third kappa shape index (κ3) is 2.54. The average molecular weight is 353 g/mol. The normalized spacial score (nSPS) is 11.4. The van der Waals surface area contributed by atoms with Crippen molar-refractivity contribution in [2.24, 2.45) is 0 Å². The first-order chi connectivity index (χ1) is 8.40. The Morgan fingerprint density at radius 1 is 1.56 bits per heavy atom. The van der Waals surface area contributed by atoms with Gasteiger partial charge in [0.2, 0.25) is 0 Å². The largest absolute Gasteiger partial charge is 0.477 e. The quantitative estimate of drug-likeness (QED) is 0.870. The van der Waals surface area contributed by atoms with E-state index >= 15 is 0 Å². The average Bonchev–Trinajstić information content (AvgIpc) is 2.86. The number of aromatic carboxylic acids is 1. The molecule has 2 aromatic heterocycles. The number of aromatic nitrogens is 1. The summed E-state index contributed by atoms with van der Waals surface area (Å²) in [5.41, 5.74) is 0.157. The first-order valence-corrected chi connectivity index (χ1v) is 7.44. The van der Waals surface area contributed by atoms with Crippen molar-refractivity contribution in [3.05, 3.63) is 27.2 Å². The van der Waals surface area contributed by atoms with Crippen LogP contribution < -0.4 is 4.72 Å². The van der Waals surface area contributed by atoms with Crippen LogP contribution in [0, 0.1) is 0 Å². The number of thiophene rings is 1. The van der Waals surface area contributed by atoms with Gasteiger partial charge in [-0.2, -0.15) is 0 Å². The van der Waals surface area contributed by atoms with Crippen molar-refractivity contribution in [1.82, 2.24) is 5.16 Å². The SMILES string of the molecule is O=C(O)c1cc(S(=O)(=O)Nc2cnoc2)c(Br)s1. The number of carbonyl (C=O) groups is 1. The number of carboxylic acids is 1. The van der Waals surface area contributed by atoms with Crippen molar-refractivity contribution in [3.8, 4) is 0 Å². The first-order valence-electron chi connectivity index (χ1n) is 4.35. The molecule has 0 unspecified atom stereocenters. The van der Waals surface area contributed by atoms with Gasteiger partial charge in [-0.05, 0) is 22.0 Å². The first kappa shape index (κ1) is 13.1. The van der Waals surface area contributed by atoms with Gasteiger partial charge < -0.3 is 9.63 Å². The van der Waals surface area contributed by atoms with E-state index in [-0.39, 0.29) is 19.2 Å². The minimum Gasteiger partial charge on any atom is -0.477 e. The summed E-state index contributed by atoms with van der Waals surface area (Å²) < 4.78 is 30.8. The fourth-order valence-corrected chi connectivity index (χ4v) is 4.53. The van der Waals surface area contributed by atoms with Crippen LogP contribution in [0.5, 0.6) is 0 Å². The predicted molar refractivity (Wildman–Crippen MR) is 66.3 cm³/mol. The summed E-state index contributed by atoms with van der Waals surface area (Å²) in [5.74, 6) is -1.19. The Morgan fingerprint density at radius 2 is 2.28 bits per heavy atom. The van der Waals surface area contributed by atoms with Gasteiger partial charge in [0.25, 0.3) is 10.0 Å². The Balaban J connectivity index is 2.38. The molecule has 0 saturated carbocycles. The highest BCUT2D eigenvalue weighted by atomic mass is 79.9. The number of sulfonamides is 1. The minimum atomic E-state index is -3.88. The van der Waals surface area contributed by atoms with Gasteiger partial charge in [0.15, 0.2) is 0 Å². The highest BCUT2D eigenvalue weighted by molar-refractivity contribution is 9.11. The lowest BCUT2D eigenvalue weighted by atomic mass is 10.5. The Morgan fingerprint density at radius 3 is 2.78 bits per heavy atom. The molecule has 0 aliphatic carbocycles. The van der Waals surface area contributed by atoms with E-state index in [1.165, 1.54) is 6.20 Å². The zero-order valence-corrected chi connectivity index (χ0v) is 11.7. The van der Waals surface area contributed by atoms with Crippen molar-refractivity contribution in [1.29, 1.82) is 0 Å². The lowest BCUT2D eigenvalue weighted by Crippen LogP contribution is -2.12. The van der Waals surface area contributed by atoms with Gasteiger partial charge in [-0.25, -0.2) is 13.2 Å². The molecule has 7 nitrogen and oxygen atoms in total.